The van der Waals surface area contributed by atoms with E-state index >= 15 is 0 Å². The SMILES string of the molecule is CCOC(=O)COc1ccc2c(=O)c(-c3ccc(OC)cc3)c(C)oc2c1. The van der Waals surface area contributed by atoms with Gasteiger partial charge in [0.2, 0.25) is 5.43 Å². The highest BCUT2D eigenvalue weighted by Crippen LogP contribution is 2.27. The summed E-state index contributed by atoms with van der Waals surface area (Å²) in [6, 6.07) is 12.1. The maximum Gasteiger partial charge on any atom is 0.344 e. The van der Waals surface area contributed by atoms with E-state index in [0.29, 0.717) is 40.4 Å². The van der Waals surface area contributed by atoms with Crippen molar-refractivity contribution in [3.8, 4) is 22.6 Å². The van der Waals surface area contributed by atoms with E-state index < -0.39 is 5.97 Å². The van der Waals surface area contributed by atoms with E-state index in [1.54, 1.807) is 51.3 Å². The Labute approximate surface area is 156 Å². The van der Waals surface area contributed by atoms with Gasteiger partial charge in [0, 0.05) is 6.07 Å². The van der Waals surface area contributed by atoms with Crippen LogP contribution in [0.2, 0.25) is 0 Å². The van der Waals surface area contributed by atoms with Gasteiger partial charge in [-0.25, -0.2) is 4.79 Å². The third kappa shape index (κ3) is 3.95. The van der Waals surface area contributed by atoms with Gasteiger partial charge >= 0.3 is 5.97 Å². The van der Waals surface area contributed by atoms with Crippen LogP contribution in [0.5, 0.6) is 11.5 Å². The van der Waals surface area contributed by atoms with Crippen LogP contribution in [-0.4, -0.2) is 26.3 Å². The predicted molar refractivity (Wildman–Crippen MR) is 101 cm³/mol. The second-order valence-corrected chi connectivity index (χ2v) is 5.84. The van der Waals surface area contributed by atoms with Crippen LogP contribution in [0.25, 0.3) is 22.1 Å². The molecule has 0 saturated carbocycles. The van der Waals surface area contributed by atoms with Crippen LogP contribution >= 0.6 is 0 Å². The summed E-state index contributed by atoms with van der Waals surface area (Å²) in [6.45, 7) is 3.56. The largest absolute Gasteiger partial charge is 0.497 e. The molecule has 2 aromatic carbocycles. The van der Waals surface area contributed by atoms with Gasteiger partial charge in [0.25, 0.3) is 0 Å². The smallest absolute Gasteiger partial charge is 0.344 e. The van der Waals surface area contributed by atoms with Crippen LogP contribution in [0.15, 0.2) is 51.7 Å². The van der Waals surface area contributed by atoms with E-state index in [9.17, 15) is 9.59 Å². The zero-order chi connectivity index (χ0) is 19.4. The first kappa shape index (κ1) is 18.5. The summed E-state index contributed by atoms with van der Waals surface area (Å²) < 4.78 is 21.2. The number of fused-ring (bicyclic) bond motifs is 1. The number of rotatable bonds is 6. The second-order valence-electron chi connectivity index (χ2n) is 5.84. The number of benzene rings is 2. The maximum atomic E-state index is 13.0. The molecule has 0 aliphatic carbocycles. The molecule has 0 N–H and O–H groups in total. The first-order valence-electron chi connectivity index (χ1n) is 8.53. The topological polar surface area (TPSA) is 75.0 Å². The van der Waals surface area contributed by atoms with Crippen LogP contribution in [0.3, 0.4) is 0 Å². The number of hydrogen-bond donors (Lipinski definition) is 0. The van der Waals surface area contributed by atoms with E-state index in [1.807, 2.05) is 12.1 Å². The van der Waals surface area contributed by atoms with Crippen molar-refractivity contribution in [3.05, 3.63) is 58.4 Å². The molecule has 0 bridgehead atoms. The highest BCUT2D eigenvalue weighted by molar-refractivity contribution is 5.84. The molecule has 1 aromatic heterocycles. The average Bonchev–Trinajstić information content (AvgIpc) is 2.67. The molecule has 3 rings (SSSR count). The van der Waals surface area contributed by atoms with Gasteiger partial charge in [0.15, 0.2) is 6.61 Å². The number of methoxy groups -OCH3 is 1. The van der Waals surface area contributed by atoms with Crippen LogP contribution in [-0.2, 0) is 9.53 Å². The summed E-state index contributed by atoms with van der Waals surface area (Å²) in [7, 11) is 1.59. The van der Waals surface area contributed by atoms with Gasteiger partial charge in [-0.3, -0.25) is 4.79 Å². The normalized spacial score (nSPS) is 10.6. The average molecular weight is 368 g/mol. The highest BCUT2D eigenvalue weighted by atomic mass is 16.6. The summed E-state index contributed by atoms with van der Waals surface area (Å²) in [5.74, 6) is 1.19. The summed E-state index contributed by atoms with van der Waals surface area (Å²) in [5.41, 5.74) is 1.53. The molecule has 140 valence electrons. The summed E-state index contributed by atoms with van der Waals surface area (Å²) in [6.07, 6.45) is 0. The predicted octanol–water partition coefficient (Wildman–Crippen LogP) is 3.72. The number of carbonyl (C=O) groups is 1. The van der Waals surface area contributed by atoms with Gasteiger partial charge in [-0.2, -0.15) is 0 Å². The first-order valence-corrected chi connectivity index (χ1v) is 8.53. The van der Waals surface area contributed by atoms with E-state index in [-0.39, 0.29) is 12.0 Å². The molecular formula is C21H20O6. The van der Waals surface area contributed by atoms with Gasteiger partial charge in [0.1, 0.15) is 22.8 Å². The number of hydrogen-bond acceptors (Lipinski definition) is 6. The number of carbonyl (C=O) groups excluding carboxylic acids is 1. The molecule has 27 heavy (non-hydrogen) atoms. The number of aryl methyl sites for hydroxylation is 1. The lowest BCUT2D eigenvalue weighted by Crippen LogP contribution is -2.14. The van der Waals surface area contributed by atoms with Crippen LogP contribution in [0, 0.1) is 6.92 Å². The van der Waals surface area contributed by atoms with Crippen molar-refractivity contribution < 1.29 is 23.4 Å². The summed E-state index contributed by atoms with van der Waals surface area (Å²) in [5, 5.41) is 0.440. The van der Waals surface area contributed by atoms with Gasteiger partial charge in [0.05, 0.1) is 24.7 Å². The molecule has 3 aromatic rings. The monoisotopic (exact) mass is 368 g/mol. The molecule has 0 aliphatic heterocycles. The lowest BCUT2D eigenvalue weighted by atomic mass is 10.0. The van der Waals surface area contributed by atoms with Crippen LogP contribution in [0.1, 0.15) is 12.7 Å². The lowest BCUT2D eigenvalue weighted by Gasteiger charge is -2.10. The molecule has 0 spiro atoms. The lowest BCUT2D eigenvalue weighted by molar-refractivity contribution is -0.145. The summed E-state index contributed by atoms with van der Waals surface area (Å²) in [4.78, 5) is 24.4. The third-order valence-electron chi connectivity index (χ3n) is 4.08. The van der Waals surface area contributed by atoms with Crippen molar-refractivity contribution >= 4 is 16.9 Å². The van der Waals surface area contributed by atoms with Gasteiger partial charge < -0.3 is 18.6 Å². The summed E-state index contributed by atoms with van der Waals surface area (Å²) >= 11 is 0. The fourth-order valence-corrected chi connectivity index (χ4v) is 2.81. The van der Waals surface area contributed by atoms with Crippen molar-refractivity contribution in [2.24, 2.45) is 0 Å². The van der Waals surface area contributed by atoms with Crippen molar-refractivity contribution in [2.45, 2.75) is 13.8 Å². The van der Waals surface area contributed by atoms with E-state index in [0.717, 1.165) is 5.56 Å². The maximum absolute atomic E-state index is 13.0. The molecule has 0 saturated heterocycles. The first-order chi connectivity index (χ1) is 13.0. The van der Waals surface area contributed by atoms with Crippen LogP contribution in [0.4, 0.5) is 0 Å². The fourth-order valence-electron chi connectivity index (χ4n) is 2.81. The third-order valence-corrected chi connectivity index (χ3v) is 4.08. The molecular weight excluding hydrogens is 348 g/mol. The fraction of sp³-hybridized carbons (Fsp3) is 0.238. The van der Waals surface area contributed by atoms with Crippen molar-refractivity contribution in [3.63, 3.8) is 0 Å². The Balaban J connectivity index is 1.96. The zero-order valence-electron chi connectivity index (χ0n) is 15.4. The molecule has 6 heteroatoms. The minimum absolute atomic E-state index is 0.129. The molecule has 1 heterocycles. The van der Waals surface area contributed by atoms with E-state index in [4.69, 9.17) is 18.6 Å². The molecule has 0 radical (unpaired) electrons. The molecule has 0 aliphatic rings. The number of ether oxygens (including phenoxy) is 3. The number of esters is 1. The molecule has 0 unspecified atom stereocenters. The Morgan fingerprint density at radius 2 is 1.78 bits per heavy atom. The Morgan fingerprint density at radius 1 is 1.07 bits per heavy atom. The van der Waals surface area contributed by atoms with E-state index in [1.165, 1.54) is 0 Å². The zero-order valence-corrected chi connectivity index (χ0v) is 15.4. The van der Waals surface area contributed by atoms with E-state index in [2.05, 4.69) is 0 Å². The van der Waals surface area contributed by atoms with Crippen LogP contribution < -0.4 is 14.9 Å². The Hall–Kier alpha value is -3.28. The molecule has 6 nitrogen and oxygen atoms in total. The van der Waals surface area contributed by atoms with Crippen molar-refractivity contribution in [2.75, 3.05) is 20.3 Å². The quantitative estimate of drug-likeness (QED) is 0.617. The minimum atomic E-state index is -0.454. The Kier molecular flexibility index (Phi) is 5.45. The molecule has 0 atom stereocenters. The van der Waals surface area contributed by atoms with Gasteiger partial charge in [-0.15, -0.1) is 0 Å². The minimum Gasteiger partial charge on any atom is -0.497 e. The Bertz CT molecular complexity index is 1020. The highest BCUT2D eigenvalue weighted by Gasteiger charge is 2.14. The van der Waals surface area contributed by atoms with Crippen molar-refractivity contribution in [1.29, 1.82) is 0 Å². The second kappa shape index (κ2) is 7.95. The molecule has 0 amide bonds. The van der Waals surface area contributed by atoms with Gasteiger partial charge in [-0.05, 0) is 43.7 Å². The Morgan fingerprint density at radius 3 is 2.44 bits per heavy atom. The van der Waals surface area contributed by atoms with Crippen molar-refractivity contribution in [1.82, 2.24) is 0 Å². The standard InChI is InChI=1S/C21H20O6/c1-4-25-19(22)12-26-16-9-10-17-18(11-16)27-13(2)20(21(17)23)14-5-7-15(24-3)8-6-14/h5-11H,4,12H2,1-3H3. The van der Waals surface area contributed by atoms with Gasteiger partial charge in [-0.1, -0.05) is 12.1 Å². The molecule has 0 fully saturated rings.